The zero-order chi connectivity index (χ0) is 20.4. The first-order valence-electron chi connectivity index (χ1n) is 9.03. The number of nitrogens with zero attached hydrogens (tertiary/aromatic N) is 2. The first-order chi connectivity index (χ1) is 14.0. The van der Waals surface area contributed by atoms with Gasteiger partial charge in [0, 0.05) is 0 Å². The van der Waals surface area contributed by atoms with Gasteiger partial charge in [-0.25, -0.2) is 0 Å². The normalized spacial score (nSPS) is 15.4. The molecule has 1 amide bonds. The second kappa shape index (κ2) is 7.95. The molecule has 3 aromatic rings. The van der Waals surface area contributed by atoms with Crippen molar-refractivity contribution in [2.24, 2.45) is 0 Å². The molecule has 0 aliphatic carbocycles. The Bertz CT molecular complexity index is 1100. The molecule has 5 nitrogen and oxygen atoms in total. The molecule has 0 aromatic heterocycles. The van der Waals surface area contributed by atoms with Gasteiger partial charge in [-0.05, 0) is 0 Å². The fraction of sp³-hybridized carbons (Fsp3) is 0.0435. The van der Waals surface area contributed by atoms with Gasteiger partial charge in [0.15, 0.2) is 0 Å². The SMILES string of the molecule is O=C1/C(=C\c2ccc(O)cc2O)N(Cc2ccccc2)C(=[Se])N1c1ccccc1. The molecular weight excluding hydrogens is 431 g/mol. The molecule has 0 unspecified atom stereocenters. The van der Waals surface area contributed by atoms with E-state index in [1.54, 1.807) is 17.0 Å². The monoisotopic (exact) mass is 450 g/mol. The summed E-state index contributed by atoms with van der Waals surface area (Å²) >= 11 is 3.03. The second-order valence-corrected chi connectivity index (χ2v) is 7.37. The van der Waals surface area contributed by atoms with Crippen LogP contribution in [0.3, 0.4) is 0 Å². The maximum atomic E-state index is 13.3. The summed E-state index contributed by atoms with van der Waals surface area (Å²) in [7, 11) is 0. The van der Waals surface area contributed by atoms with Crippen molar-refractivity contribution in [2.75, 3.05) is 4.90 Å². The average Bonchev–Trinajstić information content (AvgIpc) is 2.95. The molecule has 1 heterocycles. The van der Waals surface area contributed by atoms with Crippen molar-refractivity contribution < 1.29 is 15.0 Å². The van der Waals surface area contributed by atoms with Crippen molar-refractivity contribution in [1.29, 1.82) is 0 Å². The van der Waals surface area contributed by atoms with Crippen LogP contribution in [0.2, 0.25) is 0 Å². The molecule has 3 aromatic carbocycles. The summed E-state index contributed by atoms with van der Waals surface area (Å²) in [5.74, 6) is -0.330. The molecule has 0 bridgehead atoms. The first kappa shape index (κ1) is 19.0. The van der Waals surface area contributed by atoms with Gasteiger partial charge < -0.3 is 0 Å². The topological polar surface area (TPSA) is 64.0 Å². The number of hydrogen-bond donors (Lipinski definition) is 2. The Morgan fingerprint density at radius 1 is 0.897 bits per heavy atom. The predicted molar refractivity (Wildman–Crippen MR) is 114 cm³/mol. The molecule has 1 aliphatic heterocycles. The zero-order valence-corrected chi connectivity index (χ0v) is 17.1. The number of amides is 1. The molecule has 0 atom stereocenters. The van der Waals surface area contributed by atoms with Crippen molar-refractivity contribution in [2.45, 2.75) is 6.54 Å². The Morgan fingerprint density at radius 3 is 2.21 bits per heavy atom. The quantitative estimate of drug-likeness (QED) is 0.474. The van der Waals surface area contributed by atoms with Gasteiger partial charge in [-0.2, -0.15) is 0 Å². The molecule has 0 saturated carbocycles. The Kier molecular flexibility index (Phi) is 5.21. The Balaban J connectivity index is 1.79. The minimum atomic E-state index is -0.201. The van der Waals surface area contributed by atoms with Crippen LogP contribution in [0, 0.1) is 0 Å². The van der Waals surface area contributed by atoms with E-state index in [4.69, 9.17) is 0 Å². The molecular formula is C23H18N2O3Se. The standard InChI is InChI=1S/C23H18N2O3Se/c26-19-12-11-17(21(27)14-19)13-20-22(28)25(18-9-5-2-6-10-18)23(29)24(20)15-16-7-3-1-4-8-16/h1-14,26-27H,15H2/b20-13+. The molecule has 4 rings (SSSR count). The van der Waals surface area contributed by atoms with Crippen LogP contribution in [-0.2, 0) is 11.3 Å². The summed E-state index contributed by atoms with van der Waals surface area (Å²) in [6, 6.07) is 23.6. The molecule has 1 aliphatic rings. The van der Waals surface area contributed by atoms with E-state index in [9.17, 15) is 15.0 Å². The number of rotatable bonds is 4. The molecule has 144 valence electrons. The van der Waals surface area contributed by atoms with E-state index < -0.39 is 0 Å². The zero-order valence-electron chi connectivity index (χ0n) is 15.4. The van der Waals surface area contributed by atoms with Gasteiger partial charge in [0.1, 0.15) is 0 Å². The van der Waals surface area contributed by atoms with E-state index in [1.807, 2.05) is 65.6 Å². The van der Waals surface area contributed by atoms with Crippen LogP contribution in [-0.4, -0.2) is 41.3 Å². The number of carbonyl (C=O) groups is 1. The maximum absolute atomic E-state index is 13.3. The number of para-hydroxylation sites is 1. The third kappa shape index (κ3) is 3.81. The van der Waals surface area contributed by atoms with Crippen LogP contribution in [0.4, 0.5) is 5.69 Å². The fourth-order valence-corrected chi connectivity index (χ4v) is 3.94. The third-order valence-corrected chi connectivity index (χ3v) is 5.48. The summed E-state index contributed by atoms with van der Waals surface area (Å²) < 4.78 is 0.662. The summed E-state index contributed by atoms with van der Waals surface area (Å²) in [5.41, 5.74) is 2.67. The van der Waals surface area contributed by atoms with Crippen LogP contribution < -0.4 is 4.90 Å². The van der Waals surface area contributed by atoms with Crippen LogP contribution in [0.5, 0.6) is 11.5 Å². The van der Waals surface area contributed by atoms with Crippen LogP contribution in [0.1, 0.15) is 11.1 Å². The van der Waals surface area contributed by atoms with Crippen molar-refractivity contribution in [3.8, 4) is 11.5 Å². The Hall–Kier alpha value is -3.34. The van der Waals surface area contributed by atoms with Gasteiger partial charge >= 0.3 is 176 Å². The van der Waals surface area contributed by atoms with Crippen molar-refractivity contribution in [1.82, 2.24) is 4.90 Å². The number of benzene rings is 3. The fourth-order valence-electron chi connectivity index (χ4n) is 3.21. The molecule has 2 N–H and O–H groups in total. The summed E-state index contributed by atoms with van der Waals surface area (Å²) in [6.45, 7) is 0.489. The number of hydrogen-bond acceptors (Lipinski definition) is 4. The molecule has 0 spiro atoms. The van der Waals surface area contributed by atoms with Crippen molar-refractivity contribution in [3.63, 3.8) is 0 Å². The van der Waals surface area contributed by atoms with Gasteiger partial charge in [-0.1, -0.05) is 0 Å². The Morgan fingerprint density at radius 2 is 1.55 bits per heavy atom. The van der Waals surface area contributed by atoms with E-state index in [0.29, 0.717) is 22.5 Å². The molecule has 6 heteroatoms. The van der Waals surface area contributed by atoms with Gasteiger partial charge in [-0.3, -0.25) is 0 Å². The van der Waals surface area contributed by atoms with E-state index in [0.717, 1.165) is 11.3 Å². The van der Waals surface area contributed by atoms with Crippen molar-refractivity contribution >= 4 is 37.9 Å². The van der Waals surface area contributed by atoms with Gasteiger partial charge in [0.25, 0.3) is 0 Å². The molecule has 1 saturated heterocycles. The number of carbonyl (C=O) groups excluding carboxylic acids is 1. The first-order valence-corrected chi connectivity index (χ1v) is 9.89. The minimum absolute atomic E-state index is 0.0365. The summed E-state index contributed by atoms with van der Waals surface area (Å²) in [5, 5.41) is 19.8. The number of phenols is 2. The van der Waals surface area contributed by atoms with E-state index in [1.165, 1.54) is 12.1 Å². The average molecular weight is 449 g/mol. The van der Waals surface area contributed by atoms with Crippen LogP contribution in [0.15, 0.2) is 84.6 Å². The summed E-state index contributed by atoms with van der Waals surface area (Å²) in [6.07, 6.45) is 1.64. The van der Waals surface area contributed by atoms with Crippen molar-refractivity contribution in [3.05, 3.63) is 95.7 Å². The van der Waals surface area contributed by atoms with Gasteiger partial charge in [0.2, 0.25) is 0 Å². The van der Waals surface area contributed by atoms with Crippen LogP contribution >= 0.6 is 0 Å². The molecule has 0 radical (unpaired) electrons. The number of anilines is 1. The third-order valence-electron chi connectivity index (χ3n) is 4.64. The number of phenolic OH excluding ortho intramolecular Hbond substituents is 2. The van der Waals surface area contributed by atoms with Gasteiger partial charge in [-0.15, -0.1) is 0 Å². The second-order valence-electron chi connectivity index (χ2n) is 6.60. The Labute approximate surface area is 176 Å². The van der Waals surface area contributed by atoms with Gasteiger partial charge in [0.05, 0.1) is 0 Å². The summed E-state index contributed by atoms with van der Waals surface area (Å²) in [4.78, 5) is 16.8. The van der Waals surface area contributed by atoms with E-state index in [-0.39, 0.29) is 17.4 Å². The molecule has 1 fully saturated rings. The van der Waals surface area contributed by atoms with Crippen LogP contribution in [0.25, 0.3) is 6.08 Å². The van der Waals surface area contributed by atoms with E-state index in [2.05, 4.69) is 15.6 Å². The number of aromatic hydroxyl groups is 2. The van der Waals surface area contributed by atoms with E-state index >= 15 is 0 Å². The molecule has 29 heavy (non-hydrogen) atoms. The predicted octanol–water partition coefficient (Wildman–Crippen LogP) is 3.24.